The number of ether oxygens (including phenoxy) is 1. The van der Waals surface area contributed by atoms with Gasteiger partial charge in [0.15, 0.2) is 15.2 Å². The average molecular weight is 314 g/mol. The Morgan fingerprint density at radius 2 is 2.45 bits per heavy atom. The van der Waals surface area contributed by atoms with Gasteiger partial charge in [-0.25, -0.2) is 9.78 Å². The molecule has 2 N–H and O–H groups in total. The van der Waals surface area contributed by atoms with Gasteiger partial charge in [0, 0.05) is 12.4 Å². The van der Waals surface area contributed by atoms with Gasteiger partial charge in [0.2, 0.25) is 0 Å². The molecular formula is C12H12ClN3O3S. The molecule has 1 unspecified atom stereocenters. The summed E-state index contributed by atoms with van der Waals surface area (Å²) in [5, 5.41) is 12.9. The molecular weight excluding hydrogens is 302 g/mol. The molecule has 20 heavy (non-hydrogen) atoms. The average Bonchev–Trinajstić information content (AvgIpc) is 2.85. The highest BCUT2D eigenvalue weighted by Gasteiger charge is 2.19. The van der Waals surface area contributed by atoms with Crippen LogP contribution in [-0.2, 0) is 4.74 Å². The highest BCUT2D eigenvalue weighted by Crippen LogP contribution is 2.29. The number of rotatable bonds is 5. The quantitative estimate of drug-likeness (QED) is 0.823. The van der Waals surface area contributed by atoms with E-state index in [9.17, 15) is 9.90 Å². The van der Waals surface area contributed by atoms with Crippen LogP contribution in [0.15, 0.2) is 24.5 Å². The zero-order valence-corrected chi connectivity index (χ0v) is 12.1. The fourth-order valence-corrected chi connectivity index (χ4v) is 2.70. The summed E-state index contributed by atoms with van der Waals surface area (Å²) < 4.78 is 4.61. The number of thiazole rings is 1. The lowest BCUT2D eigenvalue weighted by atomic mass is 10.1. The van der Waals surface area contributed by atoms with E-state index in [1.807, 2.05) is 6.07 Å². The first kappa shape index (κ1) is 14.7. The molecule has 2 aromatic rings. The fourth-order valence-electron chi connectivity index (χ4n) is 1.55. The predicted octanol–water partition coefficient (Wildman–Crippen LogP) is 2.12. The van der Waals surface area contributed by atoms with Crippen molar-refractivity contribution in [1.29, 1.82) is 0 Å². The maximum absolute atomic E-state index is 11.4. The molecule has 0 radical (unpaired) electrons. The monoisotopic (exact) mass is 313 g/mol. The summed E-state index contributed by atoms with van der Waals surface area (Å²) in [6.07, 6.45) is 3.29. The first-order valence-corrected chi connectivity index (χ1v) is 6.87. The summed E-state index contributed by atoms with van der Waals surface area (Å²) in [7, 11) is 1.28. The number of methoxy groups -OCH3 is 1. The van der Waals surface area contributed by atoms with Crippen molar-refractivity contribution in [3.05, 3.63) is 40.1 Å². The van der Waals surface area contributed by atoms with Crippen molar-refractivity contribution in [2.45, 2.75) is 6.04 Å². The van der Waals surface area contributed by atoms with Gasteiger partial charge in [0.1, 0.15) is 0 Å². The highest BCUT2D eigenvalue weighted by molar-refractivity contribution is 7.18. The van der Waals surface area contributed by atoms with Gasteiger partial charge in [-0.2, -0.15) is 0 Å². The first-order valence-electron chi connectivity index (χ1n) is 5.67. The number of aliphatic hydroxyl groups excluding tert-OH is 1. The summed E-state index contributed by atoms with van der Waals surface area (Å²) in [5.41, 5.74) is 0.806. The van der Waals surface area contributed by atoms with E-state index in [0.29, 0.717) is 5.13 Å². The van der Waals surface area contributed by atoms with Crippen molar-refractivity contribution in [3.8, 4) is 0 Å². The van der Waals surface area contributed by atoms with Crippen molar-refractivity contribution < 1.29 is 14.6 Å². The molecule has 2 heterocycles. The third kappa shape index (κ3) is 3.24. The zero-order valence-electron chi connectivity index (χ0n) is 10.5. The lowest BCUT2D eigenvalue weighted by Crippen LogP contribution is -2.14. The van der Waals surface area contributed by atoms with E-state index in [4.69, 9.17) is 11.6 Å². The molecule has 1 atom stereocenters. The normalized spacial score (nSPS) is 11.9. The van der Waals surface area contributed by atoms with Crippen molar-refractivity contribution in [3.63, 3.8) is 0 Å². The number of nitrogens with zero attached hydrogens (tertiary/aromatic N) is 2. The van der Waals surface area contributed by atoms with E-state index in [1.54, 1.807) is 18.5 Å². The number of halogens is 1. The number of aliphatic hydroxyl groups is 1. The standard InChI is InChI=1S/C12H12ClN3O3S/c1-19-11(18)9-10(13)16-12(20-9)15-8(6-17)7-3-2-4-14-5-7/h2-5,8,17H,6H2,1H3,(H,15,16). The van der Waals surface area contributed by atoms with E-state index in [-0.39, 0.29) is 22.7 Å². The van der Waals surface area contributed by atoms with Crippen LogP contribution in [0.2, 0.25) is 5.15 Å². The Bertz CT molecular complexity index is 591. The molecule has 0 aliphatic rings. The second-order valence-electron chi connectivity index (χ2n) is 3.80. The maximum atomic E-state index is 11.4. The molecule has 6 nitrogen and oxygen atoms in total. The van der Waals surface area contributed by atoms with Gasteiger partial charge in [-0.05, 0) is 11.6 Å². The van der Waals surface area contributed by atoms with E-state index in [0.717, 1.165) is 16.9 Å². The Balaban J connectivity index is 2.18. The third-order valence-corrected chi connectivity index (χ3v) is 3.88. The number of hydrogen-bond donors (Lipinski definition) is 2. The predicted molar refractivity (Wildman–Crippen MR) is 76.2 cm³/mol. The molecule has 2 aromatic heterocycles. The molecule has 2 rings (SSSR count). The van der Waals surface area contributed by atoms with Crippen molar-refractivity contribution >= 4 is 34.0 Å². The fraction of sp³-hybridized carbons (Fsp3) is 0.250. The topological polar surface area (TPSA) is 84.3 Å². The van der Waals surface area contributed by atoms with Crippen molar-refractivity contribution in [1.82, 2.24) is 9.97 Å². The lowest BCUT2D eigenvalue weighted by molar-refractivity contribution is 0.0606. The number of esters is 1. The highest BCUT2D eigenvalue weighted by atomic mass is 35.5. The van der Waals surface area contributed by atoms with Gasteiger partial charge in [-0.1, -0.05) is 29.0 Å². The van der Waals surface area contributed by atoms with Crippen LogP contribution < -0.4 is 5.32 Å². The van der Waals surface area contributed by atoms with Crippen LogP contribution in [0.4, 0.5) is 5.13 Å². The molecule has 0 bridgehead atoms. The summed E-state index contributed by atoms with van der Waals surface area (Å²) in [4.78, 5) is 19.7. The van der Waals surface area contributed by atoms with E-state index >= 15 is 0 Å². The molecule has 0 saturated carbocycles. The minimum absolute atomic E-state index is 0.0761. The Morgan fingerprint density at radius 3 is 3.05 bits per heavy atom. The summed E-state index contributed by atoms with van der Waals surface area (Å²) in [5.74, 6) is -0.539. The largest absolute Gasteiger partial charge is 0.465 e. The van der Waals surface area contributed by atoms with E-state index < -0.39 is 5.97 Å². The van der Waals surface area contributed by atoms with Gasteiger partial charge in [-0.3, -0.25) is 4.98 Å². The van der Waals surface area contributed by atoms with Crippen LogP contribution in [-0.4, -0.2) is 34.8 Å². The van der Waals surface area contributed by atoms with Crippen molar-refractivity contribution in [2.24, 2.45) is 0 Å². The number of carbonyl (C=O) groups excluding carboxylic acids is 1. The van der Waals surface area contributed by atoms with Crippen LogP contribution in [0.3, 0.4) is 0 Å². The number of aromatic nitrogens is 2. The molecule has 0 spiro atoms. The zero-order chi connectivity index (χ0) is 14.5. The first-order chi connectivity index (χ1) is 9.65. The third-order valence-electron chi connectivity index (χ3n) is 2.52. The minimum atomic E-state index is -0.539. The Hall–Kier alpha value is -1.70. The second kappa shape index (κ2) is 6.65. The van der Waals surface area contributed by atoms with Gasteiger partial charge >= 0.3 is 5.97 Å². The minimum Gasteiger partial charge on any atom is -0.465 e. The molecule has 106 valence electrons. The Kier molecular flexibility index (Phi) is 4.89. The van der Waals surface area contributed by atoms with Gasteiger partial charge < -0.3 is 15.2 Å². The summed E-state index contributed by atoms with van der Waals surface area (Å²) in [6, 6.07) is 3.22. The molecule has 8 heteroatoms. The van der Waals surface area contributed by atoms with E-state index in [2.05, 4.69) is 20.0 Å². The maximum Gasteiger partial charge on any atom is 0.351 e. The van der Waals surface area contributed by atoms with Gasteiger partial charge in [0.25, 0.3) is 0 Å². The number of hydrogen-bond acceptors (Lipinski definition) is 7. The Morgan fingerprint density at radius 1 is 1.65 bits per heavy atom. The molecule has 0 aliphatic heterocycles. The lowest BCUT2D eigenvalue weighted by Gasteiger charge is -2.15. The van der Waals surface area contributed by atoms with Crippen LogP contribution in [0.25, 0.3) is 0 Å². The molecule has 0 amide bonds. The second-order valence-corrected chi connectivity index (χ2v) is 5.15. The number of anilines is 1. The number of nitrogens with one attached hydrogen (secondary N) is 1. The van der Waals surface area contributed by atoms with Gasteiger partial charge in [-0.15, -0.1) is 0 Å². The summed E-state index contributed by atoms with van der Waals surface area (Å²) in [6.45, 7) is -0.142. The molecule has 0 aromatic carbocycles. The number of carbonyl (C=O) groups is 1. The SMILES string of the molecule is COC(=O)c1sc(NC(CO)c2cccnc2)nc1Cl. The number of pyridine rings is 1. The Labute approximate surface area is 124 Å². The summed E-state index contributed by atoms with van der Waals surface area (Å²) >= 11 is 6.95. The smallest absolute Gasteiger partial charge is 0.351 e. The van der Waals surface area contributed by atoms with Crippen LogP contribution in [0.1, 0.15) is 21.3 Å². The van der Waals surface area contributed by atoms with E-state index in [1.165, 1.54) is 7.11 Å². The van der Waals surface area contributed by atoms with Crippen LogP contribution >= 0.6 is 22.9 Å². The molecule has 0 fully saturated rings. The van der Waals surface area contributed by atoms with Crippen LogP contribution in [0, 0.1) is 0 Å². The van der Waals surface area contributed by atoms with Gasteiger partial charge in [0.05, 0.1) is 19.8 Å². The molecule has 0 aliphatic carbocycles. The van der Waals surface area contributed by atoms with Crippen LogP contribution in [0.5, 0.6) is 0 Å². The molecule has 0 saturated heterocycles. The van der Waals surface area contributed by atoms with Crippen molar-refractivity contribution in [2.75, 3.05) is 19.0 Å².